The Morgan fingerprint density at radius 3 is 2.60 bits per heavy atom. The lowest BCUT2D eigenvalue weighted by molar-refractivity contribution is -0.129. The van der Waals surface area contributed by atoms with E-state index in [1.165, 1.54) is 0 Å². The van der Waals surface area contributed by atoms with E-state index in [2.05, 4.69) is 0 Å². The Balaban J connectivity index is 2.60. The highest BCUT2D eigenvalue weighted by Gasteiger charge is 2.30. The molecule has 1 aliphatic carbocycles. The van der Waals surface area contributed by atoms with E-state index in [1.54, 1.807) is 0 Å². The van der Waals surface area contributed by atoms with Crippen LogP contribution >= 0.6 is 0 Å². The number of hydrogen-bond donors (Lipinski definition) is 1. The van der Waals surface area contributed by atoms with Crippen molar-refractivity contribution in [3.63, 3.8) is 0 Å². The van der Waals surface area contributed by atoms with Crippen LogP contribution in [0.1, 0.15) is 26.7 Å². The fraction of sp³-hybridized carbons (Fsp3) is 0.875. The topological polar surface area (TPSA) is 37.3 Å². The summed E-state index contributed by atoms with van der Waals surface area (Å²) in [7, 11) is 0. The largest absolute Gasteiger partial charge is 0.393 e. The number of carbonyl (C=O) groups is 1. The average Bonchev–Trinajstić information content (AvgIpc) is 1.93. The molecule has 0 spiro atoms. The van der Waals surface area contributed by atoms with Crippen LogP contribution in [-0.2, 0) is 4.79 Å². The molecule has 1 aliphatic rings. The Morgan fingerprint density at radius 1 is 1.50 bits per heavy atom. The molecule has 3 atom stereocenters. The van der Waals surface area contributed by atoms with Crippen molar-refractivity contribution in [2.75, 3.05) is 0 Å². The Kier molecular flexibility index (Phi) is 2.09. The van der Waals surface area contributed by atoms with Crippen LogP contribution in [0.5, 0.6) is 0 Å². The van der Waals surface area contributed by atoms with E-state index in [0.717, 1.165) is 0 Å². The van der Waals surface area contributed by atoms with Crippen LogP contribution in [0.2, 0.25) is 0 Å². The third-order valence-corrected chi connectivity index (χ3v) is 2.59. The van der Waals surface area contributed by atoms with Gasteiger partial charge in [0.05, 0.1) is 6.10 Å². The molecule has 2 nitrogen and oxygen atoms in total. The summed E-state index contributed by atoms with van der Waals surface area (Å²) in [5, 5.41) is 9.31. The molecule has 0 amide bonds. The van der Waals surface area contributed by atoms with Crippen LogP contribution in [0.25, 0.3) is 0 Å². The molecule has 0 saturated heterocycles. The Morgan fingerprint density at radius 2 is 2.10 bits per heavy atom. The first-order chi connectivity index (χ1) is 4.63. The minimum atomic E-state index is -0.257. The summed E-state index contributed by atoms with van der Waals surface area (Å²) in [6.45, 7) is 3.84. The first-order valence-electron chi connectivity index (χ1n) is 3.83. The number of Topliss-reactive ketones (excluding diaryl/α,β-unsaturated/α-hetero) is 1. The molecule has 0 radical (unpaired) electrons. The third-order valence-electron chi connectivity index (χ3n) is 2.59. The molecule has 58 valence electrons. The second-order valence-corrected chi connectivity index (χ2v) is 3.22. The first-order valence-corrected chi connectivity index (χ1v) is 3.83. The van der Waals surface area contributed by atoms with E-state index >= 15 is 0 Å². The minimum absolute atomic E-state index is 0.0590. The third kappa shape index (κ3) is 1.21. The lowest BCUT2D eigenvalue weighted by Gasteiger charge is -2.28. The van der Waals surface area contributed by atoms with Gasteiger partial charge in [-0.25, -0.2) is 0 Å². The molecule has 0 heterocycles. The zero-order chi connectivity index (χ0) is 7.72. The zero-order valence-corrected chi connectivity index (χ0v) is 6.50. The van der Waals surface area contributed by atoms with Crippen LogP contribution in [0.3, 0.4) is 0 Å². The predicted molar refractivity (Wildman–Crippen MR) is 38.6 cm³/mol. The van der Waals surface area contributed by atoms with Gasteiger partial charge in [0.25, 0.3) is 0 Å². The summed E-state index contributed by atoms with van der Waals surface area (Å²) < 4.78 is 0. The minimum Gasteiger partial charge on any atom is -0.393 e. The van der Waals surface area contributed by atoms with Crippen LogP contribution in [0, 0.1) is 11.8 Å². The van der Waals surface area contributed by atoms with Gasteiger partial charge in [0, 0.05) is 12.3 Å². The van der Waals surface area contributed by atoms with Gasteiger partial charge in [-0.3, -0.25) is 4.79 Å². The maximum absolute atomic E-state index is 11.0. The Labute approximate surface area is 61.2 Å². The maximum atomic E-state index is 11.0. The lowest BCUT2D eigenvalue weighted by Crippen LogP contribution is -2.34. The van der Waals surface area contributed by atoms with E-state index in [1.807, 2.05) is 13.8 Å². The predicted octanol–water partition coefficient (Wildman–Crippen LogP) is 0.982. The van der Waals surface area contributed by atoms with Crippen LogP contribution in [0.15, 0.2) is 0 Å². The van der Waals surface area contributed by atoms with E-state index < -0.39 is 0 Å². The van der Waals surface area contributed by atoms with E-state index in [9.17, 15) is 9.90 Å². The highest BCUT2D eigenvalue weighted by atomic mass is 16.3. The molecular formula is C8H14O2. The molecular weight excluding hydrogens is 128 g/mol. The molecule has 1 saturated carbocycles. The molecule has 1 fully saturated rings. The summed E-state index contributed by atoms with van der Waals surface area (Å²) >= 11 is 0. The number of ketones is 1. The summed E-state index contributed by atoms with van der Waals surface area (Å²) in [5.41, 5.74) is 0. The smallest absolute Gasteiger partial charge is 0.136 e. The monoisotopic (exact) mass is 142 g/mol. The van der Waals surface area contributed by atoms with Crippen molar-refractivity contribution in [1.82, 2.24) is 0 Å². The fourth-order valence-corrected chi connectivity index (χ4v) is 1.41. The fourth-order valence-electron chi connectivity index (χ4n) is 1.41. The highest BCUT2D eigenvalue weighted by molar-refractivity contribution is 5.81. The van der Waals surface area contributed by atoms with Crippen molar-refractivity contribution in [2.24, 2.45) is 11.8 Å². The molecule has 0 aliphatic heterocycles. The zero-order valence-electron chi connectivity index (χ0n) is 6.50. The van der Waals surface area contributed by atoms with Crippen molar-refractivity contribution in [1.29, 1.82) is 0 Å². The number of aliphatic hydroxyl groups excluding tert-OH is 1. The second kappa shape index (κ2) is 2.70. The van der Waals surface area contributed by atoms with Gasteiger partial charge in [0.15, 0.2) is 0 Å². The molecule has 10 heavy (non-hydrogen) atoms. The van der Waals surface area contributed by atoms with Gasteiger partial charge in [-0.2, -0.15) is 0 Å². The summed E-state index contributed by atoms with van der Waals surface area (Å²) in [6, 6.07) is 0. The first kappa shape index (κ1) is 7.73. The van der Waals surface area contributed by atoms with Crippen molar-refractivity contribution < 1.29 is 9.90 Å². The molecule has 3 unspecified atom stereocenters. The lowest BCUT2D eigenvalue weighted by atomic mass is 9.79. The van der Waals surface area contributed by atoms with E-state index in [-0.39, 0.29) is 17.9 Å². The van der Waals surface area contributed by atoms with Crippen LogP contribution in [0.4, 0.5) is 0 Å². The highest BCUT2D eigenvalue weighted by Crippen LogP contribution is 2.26. The van der Waals surface area contributed by atoms with Crippen LogP contribution < -0.4 is 0 Å². The number of hydrogen-bond acceptors (Lipinski definition) is 2. The van der Waals surface area contributed by atoms with Crippen molar-refractivity contribution >= 4 is 5.78 Å². The summed E-state index contributed by atoms with van der Waals surface area (Å²) in [5.74, 6) is 0.516. The second-order valence-electron chi connectivity index (χ2n) is 3.22. The van der Waals surface area contributed by atoms with Gasteiger partial charge in [0.2, 0.25) is 0 Å². The molecule has 0 aromatic carbocycles. The maximum Gasteiger partial charge on any atom is 0.136 e. The molecule has 0 aromatic rings. The summed E-state index contributed by atoms with van der Waals surface area (Å²) in [6.07, 6.45) is 0.962. The normalized spacial score (nSPS) is 41.9. The Bertz CT molecular complexity index is 142. The molecule has 0 aromatic heterocycles. The molecule has 2 heteroatoms. The van der Waals surface area contributed by atoms with Gasteiger partial charge >= 0.3 is 0 Å². The quantitative estimate of drug-likeness (QED) is 0.547. The average molecular weight is 142 g/mol. The van der Waals surface area contributed by atoms with Gasteiger partial charge < -0.3 is 5.11 Å². The summed E-state index contributed by atoms with van der Waals surface area (Å²) in [4.78, 5) is 11.0. The number of rotatable bonds is 0. The van der Waals surface area contributed by atoms with Crippen molar-refractivity contribution in [3.05, 3.63) is 0 Å². The van der Waals surface area contributed by atoms with Gasteiger partial charge in [0.1, 0.15) is 5.78 Å². The van der Waals surface area contributed by atoms with E-state index in [0.29, 0.717) is 18.6 Å². The number of aliphatic hydroxyl groups is 1. The van der Waals surface area contributed by atoms with Crippen molar-refractivity contribution in [3.8, 4) is 0 Å². The van der Waals surface area contributed by atoms with E-state index in [4.69, 9.17) is 0 Å². The standard InChI is InChI=1S/C8H14O2/c1-5-6(2)8(10)4-3-7(5)9/h5-7,9H,3-4H2,1-2H3. The molecule has 1 N–H and O–H groups in total. The van der Waals surface area contributed by atoms with Gasteiger partial charge in [-0.05, 0) is 12.3 Å². The number of carbonyl (C=O) groups excluding carboxylic acids is 1. The molecule has 1 rings (SSSR count). The van der Waals surface area contributed by atoms with Gasteiger partial charge in [-0.15, -0.1) is 0 Å². The van der Waals surface area contributed by atoms with Gasteiger partial charge in [-0.1, -0.05) is 13.8 Å². The van der Waals surface area contributed by atoms with Crippen molar-refractivity contribution in [2.45, 2.75) is 32.8 Å². The Hall–Kier alpha value is -0.370. The SMILES string of the molecule is CC1C(=O)CCC(O)C1C. The molecule has 0 bridgehead atoms. The van der Waals surface area contributed by atoms with Crippen LogP contribution in [-0.4, -0.2) is 17.0 Å².